The van der Waals surface area contributed by atoms with Gasteiger partial charge in [0.2, 0.25) is 0 Å². The molecule has 0 radical (unpaired) electrons. The quantitative estimate of drug-likeness (QED) is 0.596. The Labute approximate surface area is 141 Å². The molecule has 2 aliphatic rings. The molecule has 0 spiro atoms. The number of thiophene rings is 1. The minimum absolute atomic E-state index is 0.0693. The molecule has 118 valence electrons. The van der Waals surface area contributed by atoms with Gasteiger partial charge in [0.05, 0.1) is 0 Å². The van der Waals surface area contributed by atoms with Crippen LogP contribution in [0.2, 0.25) is 0 Å². The zero-order valence-electron chi connectivity index (χ0n) is 13.9. The molecule has 5 atom stereocenters. The molecule has 0 aliphatic carbocycles. The molecule has 2 aliphatic heterocycles. The predicted molar refractivity (Wildman–Crippen MR) is 107 cm³/mol. The maximum atomic E-state index is 2.52. The van der Waals surface area contributed by atoms with E-state index in [0.717, 1.165) is 17.0 Å². The predicted octanol–water partition coefficient (Wildman–Crippen LogP) is 5.87. The SMILES string of the molecule is CC1CCCP1c1c(P2C(C)CC[C@H]2C)sc2ccccc12. The molecule has 0 bridgehead atoms. The third-order valence-electron chi connectivity index (χ3n) is 5.58. The van der Waals surface area contributed by atoms with Crippen molar-refractivity contribution in [2.24, 2.45) is 0 Å². The third kappa shape index (κ3) is 2.49. The van der Waals surface area contributed by atoms with Gasteiger partial charge < -0.3 is 0 Å². The van der Waals surface area contributed by atoms with Crippen LogP contribution >= 0.6 is 27.2 Å². The highest BCUT2D eigenvalue weighted by Gasteiger charge is 2.37. The summed E-state index contributed by atoms with van der Waals surface area (Å²) in [6.07, 6.45) is 7.30. The summed E-state index contributed by atoms with van der Waals surface area (Å²) in [6, 6.07) is 9.27. The topological polar surface area (TPSA) is 0 Å². The Balaban J connectivity index is 1.90. The lowest BCUT2D eigenvalue weighted by molar-refractivity contribution is 0.777. The molecule has 2 saturated heterocycles. The van der Waals surface area contributed by atoms with E-state index in [1.165, 1.54) is 31.8 Å². The van der Waals surface area contributed by atoms with Crippen molar-refractivity contribution in [2.45, 2.75) is 63.4 Å². The molecule has 0 nitrogen and oxygen atoms in total. The maximum absolute atomic E-state index is 2.52. The second-order valence-corrected chi connectivity index (χ2v) is 14.2. The second-order valence-electron chi connectivity index (χ2n) is 7.12. The summed E-state index contributed by atoms with van der Waals surface area (Å²) in [4.78, 5) is 0. The number of rotatable bonds is 2. The average molecular weight is 348 g/mol. The van der Waals surface area contributed by atoms with Crippen molar-refractivity contribution in [2.75, 3.05) is 6.16 Å². The van der Waals surface area contributed by atoms with E-state index in [2.05, 4.69) is 56.4 Å². The van der Waals surface area contributed by atoms with Crippen LogP contribution in [0.25, 0.3) is 10.1 Å². The smallest absolute Gasteiger partial charge is 0.0372 e. The van der Waals surface area contributed by atoms with Gasteiger partial charge in [0.1, 0.15) is 0 Å². The molecule has 0 N–H and O–H groups in total. The normalized spacial score (nSPS) is 35.5. The van der Waals surface area contributed by atoms with E-state index in [4.69, 9.17) is 0 Å². The van der Waals surface area contributed by atoms with Crippen LogP contribution in [0.1, 0.15) is 46.5 Å². The second kappa shape index (κ2) is 6.16. The van der Waals surface area contributed by atoms with Gasteiger partial charge in [-0.25, -0.2) is 0 Å². The lowest BCUT2D eigenvalue weighted by Gasteiger charge is -2.25. The van der Waals surface area contributed by atoms with E-state index in [1.54, 1.807) is 10.1 Å². The Morgan fingerprint density at radius 2 is 1.68 bits per heavy atom. The van der Waals surface area contributed by atoms with Gasteiger partial charge in [-0.2, -0.15) is 0 Å². The Morgan fingerprint density at radius 3 is 2.36 bits per heavy atom. The first-order valence-electron chi connectivity index (χ1n) is 8.73. The zero-order chi connectivity index (χ0) is 15.3. The Kier molecular flexibility index (Phi) is 4.36. The van der Waals surface area contributed by atoms with Crippen LogP contribution < -0.4 is 9.92 Å². The minimum Gasteiger partial charge on any atom is -0.135 e. The number of fused-ring (bicyclic) bond motifs is 1. The first-order chi connectivity index (χ1) is 10.7. The highest BCUT2D eigenvalue weighted by atomic mass is 32.1. The summed E-state index contributed by atoms with van der Waals surface area (Å²) in [5.41, 5.74) is 2.81. The fourth-order valence-corrected chi connectivity index (χ4v) is 14.0. The van der Waals surface area contributed by atoms with Crippen LogP contribution in [0.3, 0.4) is 0 Å². The Bertz CT molecular complexity index is 667. The average Bonchev–Trinajstić information content (AvgIpc) is 3.16. The van der Waals surface area contributed by atoms with Gasteiger partial charge in [0.15, 0.2) is 0 Å². The molecule has 0 amide bonds. The largest absolute Gasteiger partial charge is 0.135 e. The molecule has 2 aromatic rings. The van der Waals surface area contributed by atoms with E-state index >= 15 is 0 Å². The molecular formula is C19H26P2S. The van der Waals surface area contributed by atoms with Crippen molar-refractivity contribution in [3.63, 3.8) is 0 Å². The molecule has 22 heavy (non-hydrogen) atoms. The van der Waals surface area contributed by atoms with Gasteiger partial charge in [-0.05, 0) is 54.9 Å². The molecule has 3 heteroatoms. The molecule has 3 heterocycles. The maximum Gasteiger partial charge on any atom is 0.0372 e. The molecule has 4 rings (SSSR count). The van der Waals surface area contributed by atoms with Gasteiger partial charge in [0.25, 0.3) is 0 Å². The van der Waals surface area contributed by atoms with Gasteiger partial charge in [-0.1, -0.05) is 54.8 Å². The summed E-state index contributed by atoms with van der Waals surface area (Å²) < 4.78 is 3.41. The standard InChI is InChI=1S/C19H26P2S/c1-13-7-6-12-20(13)18-16-8-4-5-9-17(16)22-19(18)21-14(2)10-11-15(21)3/h4-5,8-9,13-15H,6-7,10-12H2,1-3H3/t13?,14-,15?,20?,21?/m1/s1. The summed E-state index contributed by atoms with van der Waals surface area (Å²) >= 11 is 2.16. The summed E-state index contributed by atoms with van der Waals surface area (Å²) in [7, 11) is 0.157. The van der Waals surface area contributed by atoms with Gasteiger partial charge in [0, 0.05) is 20.0 Å². The zero-order valence-corrected chi connectivity index (χ0v) is 16.5. The van der Waals surface area contributed by atoms with E-state index < -0.39 is 0 Å². The summed E-state index contributed by atoms with van der Waals surface area (Å²) in [5, 5.41) is 3.48. The van der Waals surface area contributed by atoms with Crippen LogP contribution in [-0.2, 0) is 0 Å². The first-order valence-corrected chi connectivity index (χ1v) is 12.6. The minimum atomic E-state index is 0.0693. The van der Waals surface area contributed by atoms with Crippen molar-refractivity contribution in [1.82, 2.24) is 0 Å². The Hall–Kier alpha value is 0.0400. The fourth-order valence-electron chi connectivity index (χ4n) is 4.33. The van der Waals surface area contributed by atoms with Crippen LogP contribution in [0.15, 0.2) is 24.3 Å². The van der Waals surface area contributed by atoms with E-state index in [-0.39, 0.29) is 15.8 Å². The van der Waals surface area contributed by atoms with Gasteiger partial charge >= 0.3 is 0 Å². The van der Waals surface area contributed by atoms with Crippen molar-refractivity contribution in [3.8, 4) is 0 Å². The van der Waals surface area contributed by atoms with Crippen LogP contribution in [0, 0.1) is 0 Å². The number of benzene rings is 1. The number of hydrogen-bond donors (Lipinski definition) is 0. The fraction of sp³-hybridized carbons (Fsp3) is 0.579. The van der Waals surface area contributed by atoms with Crippen LogP contribution in [0.4, 0.5) is 0 Å². The van der Waals surface area contributed by atoms with E-state index in [9.17, 15) is 0 Å². The summed E-state index contributed by atoms with van der Waals surface area (Å²) in [5.74, 6) is 0. The van der Waals surface area contributed by atoms with Crippen molar-refractivity contribution >= 4 is 47.2 Å². The van der Waals surface area contributed by atoms with E-state index in [0.29, 0.717) is 0 Å². The molecular weight excluding hydrogens is 322 g/mol. The van der Waals surface area contributed by atoms with Crippen LogP contribution in [0.5, 0.6) is 0 Å². The first kappa shape index (κ1) is 15.6. The van der Waals surface area contributed by atoms with Crippen LogP contribution in [-0.4, -0.2) is 23.1 Å². The lowest BCUT2D eigenvalue weighted by Crippen LogP contribution is -2.23. The monoisotopic (exact) mass is 348 g/mol. The molecule has 1 aromatic carbocycles. The molecule has 0 saturated carbocycles. The van der Waals surface area contributed by atoms with Gasteiger partial charge in [-0.3, -0.25) is 0 Å². The Morgan fingerprint density at radius 1 is 0.955 bits per heavy atom. The lowest BCUT2D eigenvalue weighted by atomic mass is 10.2. The summed E-state index contributed by atoms with van der Waals surface area (Å²) in [6.45, 7) is 7.56. The van der Waals surface area contributed by atoms with Crippen molar-refractivity contribution < 1.29 is 0 Å². The highest BCUT2D eigenvalue weighted by molar-refractivity contribution is 7.78. The number of hydrogen-bond acceptors (Lipinski definition) is 1. The molecule has 2 fully saturated rings. The van der Waals surface area contributed by atoms with E-state index in [1.807, 2.05) is 9.92 Å². The molecule has 1 aromatic heterocycles. The van der Waals surface area contributed by atoms with Crippen molar-refractivity contribution in [1.29, 1.82) is 0 Å². The third-order valence-corrected chi connectivity index (χ3v) is 14.1. The van der Waals surface area contributed by atoms with Gasteiger partial charge in [-0.15, -0.1) is 11.3 Å². The molecule has 4 unspecified atom stereocenters. The van der Waals surface area contributed by atoms with Crippen molar-refractivity contribution in [3.05, 3.63) is 24.3 Å². The highest BCUT2D eigenvalue weighted by Crippen LogP contribution is 2.59.